The van der Waals surface area contributed by atoms with Crippen molar-refractivity contribution in [3.05, 3.63) is 76.4 Å². The van der Waals surface area contributed by atoms with E-state index in [9.17, 15) is 24.3 Å². The van der Waals surface area contributed by atoms with Gasteiger partial charge in [-0.2, -0.15) is 5.26 Å². The van der Waals surface area contributed by atoms with Crippen LogP contribution in [0.15, 0.2) is 59.5 Å². The average molecular weight is 436 g/mol. The maximum atomic E-state index is 13.3. The number of phenolic OH excluding ortho intramolecular Hbond substituents is 1. The molecule has 2 aromatic carbocycles. The first-order chi connectivity index (χ1) is 14.9. The fourth-order valence-electron chi connectivity index (χ4n) is 2.78. The predicted molar refractivity (Wildman–Crippen MR) is 116 cm³/mol. The first kappa shape index (κ1) is 21.7. The number of para-hydroxylation sites is 1. The molecule has 1 amide bonds. The number of amides is 1. The molecule has 0 saturated heterocycles. The summed E-state index contributed by atoms with van der Waals surface area (Å²) >= 11 is 1.08. The number of rotatable bonds is 6. The number of aromatic hydroxyl groups is 1. The van der Waals surface area contributed by atoms with Crippen LogP contribution in [0.3, 0.4) is 0 Å². The zero-order chi connectivity index (χ0) is 22.4. The molecule has 0 atom stereocenters. The third kappa shape index (κ3) is 4.97. The minimum absolute atomic E-state index is 0.0787. The minimum Gasteiger partial charge on any atom is -0.507 e. The molecule has 0 aliphatic heterocycles. The summed E-state index contributed by atoms with van der Waals surface area (Å²) in [7, 11) is 0. The third-order valence-corrected chi connectivity index (χ3v) is 5.15. The van der Waals surface area contributed by atoms with Gasteiger partial charge in [-0.1, -0.05) is 30.3 Å². The number of esters is 1. The number of nitrogens with one attached hydrogen (secondary N) is 1. The van der Waals surface area contributed by atoms with Gasteiger partial charge in [0.25, 0.3) is 5.91 Å². The zero-order valence-electron chi connectivity index (χ0n) is 16.4. The van der Waals surface area contributed by atoms with Crippen molar-refractivity contribution in [3.8, 4) is 22.9 Å². The number of benzene rings is 2. The molecule has 31 heavy (non-hydrogen) atoms. The Bertz CT molecular complexity index is 1190. The van der Waals surface area contributed by atoms with Crippen LogP contribution in [0.4, 0.5) is 9.39 Å². The smallest absolute Gasteiger partial charge is 0.341 e. The van der Waals surface area contributed by atoms with Crippen LogP contribution in [0.2, 0.25) is 0 Å². The first-order valence-electron chi connectivity index (χ1n) is 9.20. The van der Waals surface area contributed by atoms with E-state index in [-0.39, 0.29) is 28.5 Å². The van der Waals surface area contributed by atoms with Gasteiger partial charge in [-0.3, -0.25) is 4.79 Å². The highest BCUT2D eigenvalue weighted by atomic mass is 32.1. The predicted octanol–water partition coefficient (Wildman–Crippen LogP) is 4.98. The fraction of sp³-hybridized carbons (Fsp3) is 0.0870. The fourth-order valence-corrected chi connectivity index (χ4v) is 3.73. The van der Waals surface area contributed by atoms with E-state index >= 15 is 0 Å². The van der Waals surface area contributed by atoms with E-state index in [4.69, 9.17) is 4.74 Å². The Morgan fingerprint density at radius 1 is 1.23 bits per heavy atom. The highest BCUT2D eigenvalue weighted by molar-refractivity contribution is 7.15. The van der Waals surface area contributed by atoms with E-state index in [1.54, 1.807) is 36.6 Å². The zero-order valence-corrected chi connectivity index (χ0v) is 17.2. The minimum atomic E-state index is -0.746. The number of hydrogen-bond acceptors (Lipinski definition) is 6. The summed E-state index contributed by atoms with van der Waals surface area (Å²) in [5, 5.41) is 23.7. The lowest BCUT2D eigenvalue weighted by molar-refractivity contribution is -0.112. The second kappa shape index (κ2) is 9.69. The summed E-state index contributed by atoms with van der Waals surface area (Å²) in [6.07, 6.45) is 1.25. The van der Waals surface area contributed by atoms with E-state index in [2.05, 4.69) is 5.32 Å². The van der Waals surface area contributed by atoms with Gasteiger partial charge in [0.1, 0.15) is 33.8 Å². The van der Waals surface area contributed by atoms with Crippen molar-refractivity contribution in [1.82, 2.24) is 0 Å². The van der Waals surface area contributed by atoms with Gasteiger partial charge in [-0.05, 0) is 36.8 Å². The Hall–Kier alpha value is -3.96. The van der Waals surface area contributed by atoms with Crippen molar-refractivity contribution in [3.63, 3.8) is 0 Å². The maximum absolute atomic E-state index is 13.3. The van der Waals surface area contributed by atoms with Gasteiger partial charge in [0.15, 0.2) is 0 Å². The lowest BCUT2D eigenvalue weighted by Crippen LogP contribution is -2.16. The highest BCUT2D eigenvalue weighted by Crippen LogP contribution is 2.36. The number of hydrogen-bond donors (Lipinski definition) is 2. The number of thiophene rings is 1. The van der Waals surface area contributed by atoms with Gasteiger partial charge in [-0.25, -0.2) is 9.18 Å². The molecule has 0 aliphatic carbocycles. The molecule has 0 aliphatic rings. The van der Waals surface area contributed by atoms with Crippen LogP contribution >= 0.6 is 11.3 Å². The Kier molecular flexibility index (Phi) is 6.80. The standard InChI is InChI=1S/C23H17FN2O4S/c1-2-30-23(29)20-18(14-7-9-17(24)10-8-14)13-31-22(20)26-21(28)16(12-25)11-15-5-3-4-6-19(15)27/h3-11,13,27H,2H2,1H3,(H,26,28)/b16-11-. The van der Waals surface area contributed by atoms with Crippen LogP contribution in [0.5, 0.6) is 5.75 Å². The molecule has 2 N–H and O–H groups in total. The average Bonchev–Trinajstić information content (AvgIpc) is 3.17. The lowest BCUT2D eigenvalue weighted by atomic mass is 10.0. The largest absolute Gasteiger partial charge is 0.507 e. The van der Waals surface area contributed by atoms with Gasteiger partial charge in [0, 0.05) is 16.5 Å². The van der Waals surface area contributed by atoms with E-state index in [1.165, 1.54) is 36.4 Å². The molecule has 0 bridgehead atoms. The van der Waals surface area contributed by atoms with E-state index in [0.717, 1.165) is 11.3 Å². The Balaban J connectivity index is 1.97. The highest BCUT2D eigenvalue weighted by Gasteiger charge is 2.24. The molecule has 0 saturated carbocycles. The SMILES string of the molecule is CCOC(=O)c1c(-c2ccc(F)cc2)csc1NC(=O)/C(C#N)=C\c1ccccc1O. The first-order valence-corrected chi connectivity index (χ1v) is 10.1. The normalized spacial score (nSPS) is 10.9. The van der Waals surface area contributed by atoms with Crippen molar-refractivity contribution < 1.29 is 23.8 Å². The van der Waals surface area contributed by atoms with Crippen LogP contribution in [0.25, 0.3) is 17.2 Å². The summed E-state index contributed by atoms with van der Waals surface area (Å²) in [4.78, 5) is 25.3. The quantitative estimate of drug-likeness (QED) is 0.322. The summed E-state index contributed by atoms with van der Waals surface area (Å²) < 4.78 is 18.4. The molecule has 0 radical (unpaired) electrons. The number of halogens is 1. The molecule has 156 valence electrons. The van der Waals surface area contributed by atoms with Crippen molar-refractivity contribution >= 4 is 34.3 Å². The number of carbonyl (C=O) groups excluding carboxylic acids is 2. The second-order valence-corrected chi connectivity index (χ2v) is 7.14. The van der Waals surface area contributed by atoms with Crippen LogP contribution in [0.1, 0.15) is 22.8 Å². The molecule has 1 heterocycles. The molecular weight excluding hydrogens is 419 g/mol. The van der Waals surface area contributed by atoms with E-state index in [1.807, 2.05) is 0 Å². The lowest BCUT2D eigenvalue weighted by Gasteiger charge is -2.09. The molecule has 6 nitrogen and oxygen atoms in total. The molecule has 3 rings (SSSR count). The van der Waals surface area contributed by atoms with Crippen molar-refractivity contribution in [2.24, 2.45) is 0 Å². The van der Waals surface area contributed by atoms with Crippen LogP contribution in [0, 0.1) is 17.1 Å². The maximum Gasteiger partial charge on any atom is 0.341 e. The molecule has 0 spiro atoms. The number of nitriles is 1. The van der Waals surface area contributed by atoms with Crippen molar-refractivity contribution in [2.45, 2.75) is 6.92 Å². The van der Waals surface area contributed by atoms with Gasteiger partial charge < -0.3 is 15.2 Å². The third-order valence-electron chi connectivity index (χ3n) is 4.25. The summed E-state index contributed by atoms with van der Waals surface area (Å²) in [6, 6.07) is 13.6. The summed E-state index contributed by atoms with van der Waals surface area (Å²) in [6.45, 7) is 1.78. The number of nitrogens with zero attached hydrogens (tertiary/aromatic N) is 1. The monoisotopic (exact) mass is 436 g/mol. The van der Waals surface area contributed by atoms with Crippen LogP contribution < -0.4 is 5.32 Å². The number of phenols is 1. The molecule has 0 fully saturated rings. The van der Waals surface area contributed by atoms with Crippen LogP contribution in [-0.2, 0) is 9.53 Å². The molecule has 1 aromatic heterocycles. The topological polar surface area (TPSA) is 99.4 Å². The Morgan fingerprint density at radius 3 is 2.58 bits per heavy atom. The molecule has 0 unspecified atom stereocenters. The van der Waals surface area contributed by atoms with Crippen molar-refractivity contribution in [2.75, 3.05) is 11.9 Å². The Morgan fingerprint density at radius 2 is 1.94 bits per heavy atom. The molecular formula is C23H17FN2O4S. The number of ether oxygens (including phenoxy) is 1. The van der Waals surface area contributed by atoms with E-state index in [0.29, 0.717) is 16.7 Å². The van der Waals surface area contributed by atoms with Gasteiger partial charge in [-0.15, -0.1) is 11.3 Å². The van der Waals surface area contributed by atoms with Gasteiger partial charge in [0.05, 0.1) is 6.61 Å². The van der Waals surface area contributed by atoms with Gasteiger partial charge in [0.2, 0.25) is 0 Å². The van der Waals surface area contributed by atoms with E-state index < -0.39 is 17.7 Å². The summed E-state index contributed by atoms with van der Waals surface area (Å²) in [5.74, 6) is -1.89. The number of anilines is 1. The molecule has 3 aromatic rings. The second-order valence-electron chi connectivity index (χ2n) is 6.26. The van der Waals surface area contributed by atoms with Gasteiger partial charge >= 0.3 is 5.97 Å². The van der Waals surface area contributed by atoms with Crippen molar-refractivity contribution in [1.29, 1.82) is 5.26 Å². The summed E-state index contributed by atoms with van der Waals surface area (Å²) in [5.41, 5.74) is 1.21. The molecule has 8 heteroatoms. The number of carbonyl (C=O) groups is 2. The van der Waals surface area contributed by atoms with Crippen LogP contribution in [-0.4, -0.2) is 23.6 Å². The Labute approximate surface area is 181 Å².